The first-order chi connectivity index (χ1) is 9.20. The van der Waals surface area contributed by atoms with E-state index in [2.05, 4.69) is 13.0 Å². The Morgan fingerprint density at radius 1 is 1.37 bits per heavy atom. The summed E-state index contributed by atoms with van der Waals surface area (Å²) in [5, 5.41) is 0.892. The van der Waals surface area contributed by atoms with Crippen molar-refractivity contribution in [1.29, 1.82) is 0 Å². The third-order valence-corrected chi connectivity index (χ3v) is 5.83. The molecule has 1 aromatic rings. The van der Waals surface area contributed by atoms with Crippen LogP contribution in [0.1, 0.15) is 44.6 Å². The Balaban J connectivity index is 2.03. The Bertz CT molecular complexity index is 402. The fraction of sp³-hybridized carbons (Fsp3) is 0.625. The van der Waals surface area contributed by atoms with E-state index in [4.69, 9.17) is 17.3 Å². The van der Waals surface area contributed by atoms with Gasteiger partial charge in [0.05, 0.1) is 5.02 Å². The van der Waals surface area contributed by atoms with Crippen LogP contribution in [-0.4, -0.2) is 11.8 Å². The van der Waals surface area contributed by atoms with Crippen LogP contribution in [0.15, 0.2) is 23.1 Å². The third-order valence-electron chi connectivity index (χ3n) is 3.99. The third kappa shape index (κ3) is 4.40. The predicted molar refractivity (Wildman–Crippen MR) is 86.1 cm³/mol. The highest BCUT2D eigenvalue weighted by Crippen LogP contribution is 2.36. The second-order valence-corrected chi connectivity index (χ2v) is 7.00. The van der Waals surface area contributed by atoms with E-state index in [1.54, 1.807) is 0 Å². The van der Waals surface area contributed by atoms with Gasteiger partial charge in [-0.2, -0.15) is 0 Å². The van der Waals surface area contributed by atoms with E-state index in [0.717, 1.165) is 23.8 Å². The van der Waals surface area contributed by atoms with E-state index < -0.39 is 0 Å². The van der Waals surface area contributed by atoms with Crippen molar-refractivity contribution in [2.75, 3.05) is 5.75 Å². The quantitative estimate of drug-likeness (QED) is 0.756. The average Bonchev–Trinajstić information content (AvgIpc) is 2.91. The van der Waals surface area contributed by atoms with Gasteiger partial charge in [-0.15, -0.1) is 11.8 Å². The summed E-state index contributed by atoms with van der Waals surface area (Å²) in [5.41, 5.74) is 7.41. The molecule has 0 saturated heterocycles. The molecule has 3 heteroatoms. The van der Waals surface area contributed by atoms with Crippen LogP contribution >= 0.6 is 23.4 Å². The van der Waals surface area contributed by atoms with Crippen LogP contribution in [0.3, 0.4) is 0 Å². The van der Waals surface area contributed by atoms with Crippen molar-refractivity contribution in [1.82, 2.24) is 0 Å². The van der Waals surface area contributed by atoms with Gasteiger partial charge in [0.15, 0.2) is 0 Å². The lowest BCUT2D eigenvalue weighted by Crippen LogP contribution is -2.21. The lowest BCUT2D eigenvalue weighted by atomic mass is 10.0. The molecular formula is C16H24ClNS. The Morgan fingerprint density at radius 3 is 2.79 bits per heavy atom. The van der Waals surface area contributed by atoms with Gasteiger partial charge in [0, 0.05) is 16.7 Å². The summed E-state index contributed by atoms with van der Waals surface area (Å²) in [6.07, 6.45) is 7.54. The van der Waals surface area contributed by atoms with Crippen LogP contribution in [0.5, 0.6) is 0 Å². The Morgan fingerprint density at radius 2 is 2.11 bits per heavy atom. The number of rotatable bonds is 6. The van der Waals surface area contributed by atoms with E-state index in [1.807, 2.05) is 23.9 Å². The van der Waals surface area contributed by atoms with E-state index >= 15 is 0 Å². The normalized spacial score (nSPS) is 17.8. The summed E-state index contributed by atoms with van der Waals surface area (Å²) < 4.78 is 0. The zero-order valence-electron chi connectivity index (χ0n) is 11.7. The lowest BCUT2D eigenvalue weighted by molar-refractivity contribution is 0.622. The molecule has 2 rings (SSSR count). The Kier molecular flexibility index (Phi) is 6.06. The fourth-order valence-corrected chi connectivity index (χ4v) is 4.32. The zero-order valence-corrected chi connectivity index (χ0v) is 13.3. The van der Waals surface area contributed by atoms with Crippen molar-refractivity contribution in [3.05, 3.63) is 28.8 Å². The molecule has 0 aliphatic heterocycles. The van der Waals surface area contributed by atoms with E-state index in [9.17, 15) is 0 Å². The Labute approximate surface area is 126 Å². The first-order valence-corrected chi connectivity index (χ1v) is 8.72. The molecule has 106 valence electrons. The standard InChI is InChI=1S/C16H24ClNS/c1-2-14(18)10-13-8-5-9-15(17)16(13)19-11-12-6-3-4-7-12/h5,8-9,12,14H,2-4,6-7,10-11,18H2,1H3. The largest absolute Gasteiger partial charge is 0.327 e. The Hall–Kier alpha value is -0.180. The van der Waals surface area contributed by atoms with Gasteiger partial charge < -0.3 is 5.73 Å². The molecule has 0 heterocycles. The SMILES string of the molecule is CCC(N)Cc1cccc(Cl)c1SCC1CCCC1. The first-order valence-electron chi connectivity index (χ1n) is 7.36. The highest BCUT2D eigenvalue weighted by atomic mass is 35.5. The van der Waals surface area contributed by atoms with Gasteiger partial charge in [0.25, 0.3) is 0 Å². The fourth-order valence-electron chi connectivity index (χ4n) is 2.68. The molecule has 1 fully saturated rings. The monoisotopic (exact) mass is 297 g/mol. The van der Waals surface area contributed by atoms with Crippen LogP contribution in [0.4, 0.5) is 0 Å². The summed E-state index contributed by atoms with van der Waals surface area (Å²) in [4.78, 5) is 1.26. The summed E-state index contributed by atoms with van der Waals surface area (Å²) in [7, 11) is 0. The predicted octanol–water partition coefficient (Wildman–Crippen LogP) is 4.90. The van der Waals surface area contributed by atoms with Gasteiger partial charge >= 0.3 is 0 Å². The second kappa shape index (κ2) is 7.56. The number of benzene rings is 1. The first kappa shape index (κ1) is 15.2. The van der Waals surface area contributed by atoms with Gasteiger partial charge in [-0.1, -0.05) is 43.5 Å². The molecule has 1 aromatic carbocycles. The molecule has 1 nitrogen and oxygen atoms in total. The maximum Gasteiger partial charge on any atom is 0.0544 e. The molecule has 1 atom stereocenters. The van der Waals surface area contributed by atoms with Crippen molar-refractivity contribution in [2.24, 2.45) is 11.7 Å². The van der Waals surface area contributed by atoms with Crippen LogP contribution in [0.2, 0.25) is 5.02 Å². The van der Waals surface area contributed by atoms with Gasteiger partial charge in [-0.3, -0.25) is 0 Å². The molecule has 0 bridgehead atoms. The van der Waals surface area contributed by atoms with Crippen LogP contribution < -0.4 is 5.73 Å². The summed E-state index contributed by atoms with van der Waals surface area (Å²) in [6, 6.07) is 6.46. The molecule has 19 heavy (non-hydrogen) atoms. The number of halogens is 1. The molecular weight excluding hydrogens is 274 g/mol. The van der Waals surface area contributed by atoms with Gasteiger partial charge in [-0.25, -0.2) is 0 Å². The minimum absolute atomic E-state index is 0.240. The molecule has 1 unspecified atom stereocenters. The highest BCUT2D eigenvalue weighted by molar-refractivity contribution is 7.99. The maximum absolute atomic E-state index is 6.38. The molecule has 0 aromatic heterocycles. The van der Waals surface area contributed by atoms with Gasteiger partial charge in [0.1, 0.15) is 0 Å². The average molecular weight is 298 g/mol. The summed E-state index contributed by atoms with van der Waals surface area (Å²) in [5.74, 6) is 2.09. The molecule has 0 amide bonds. The number of thioether (sulfide) groups is 1. The molecule has 1 aliphatic carbocycles. The van der Waals surface area contributed by atoms with Crippen LogP contribution in [-0.2, 0) is 6.42 Å². The minimum Gasteiger partial charge on any atom is -0.327 e. The highest BCUT2D eigenvalue weighted by Gasteiger charge is 2.17. The van der Waals surface area contributed by atoms with Crippen LogP contribution in [0.25, 0.3) is 0 Å². The van der Waals surface area contributed by atoms with Gasteiger partial charge in [-0.05, 0) is 43.2 Å². The van der Waals surface area contributed by atoms with E-state index in [0.29, 0.717) is 0 Å². The topological polar surface area (TPSA) is 26.0 Å². The molecule has 0 spiro atoms. The van der Waals surface area contributed by atoms with Crippen molar-refractivity contribution >= 4 is 23.4 Å². The molecule has 0 radical (unpaired) electrons. The van der Waals surface area contributed by atoms with Crippen molar-refractivity contribution < 1.29 is 0 Å². The summed E-state index contributed by atoms with van der Waals surface area (Å²) in [6.45, 7) is 2.14. The van der Waals surface area contributed by atoms with Crippen molar-refractivity contribution in [2.45, 2.75) is 56.4 Å². The maximum atomic E-state index is 6.38. The number of hydrogen-bond acceptors (Lipinski definition) is 2. The van der Waals surface area contributed by atoms with Crippen molar-refractivity contribution in [3.8, 4) is 0 Å². The molecule has 2 N–H and O–H groups in total. The van der Waals surface area contributed by atoms with Gasteiger partial charge in [0.2, 0.25) is 0 Å². The zero-order chi connectivity index (χ0) is 13.7. The summed E-state index contributed by atoms with van der Waals surface area (Å²) >= 11 is 8.32. The molecule has 1 aliphatic rings. The van der Waals surface area contributed by atoms with E-state index in [1.165, 1.54) is 41.9 Å². The minimum atomic E-state index is 0.240. The number of nitrogens with two attached hydrogens (primary N) is 1. The second-order valence-electron chi connectivity index (χ2n) is 5.56. The van der Waals surface area contributed by atoms with Crippen LogP contribution in [0, 0.1) is 5.92 Å². The number of hydrogen-bond donors (Lipinski definition) is 1. The van der Waals surface area contributed by atoms with E-state index in [-0.39, 0.29) is 6.04 Å². The molecule has 1 saturated carbocycles. The lowest BCUT2D eigenvalue weighted by Gasteiger charge is -2.16. The van der Waals surface area contributed by atoms with Crippen molar-refractivity contribution in [3.63, 3.8) is 0 Å². The smallest absolute Gasteiger partial charge is 0.0544 e.